The van der Waals surface area contributed by atoms with E-state index >= 15 is 0 Å². The lowest BCUT2D eigenvalue weighted by atomic mass is 9.84. The third-order valence-electron chi connectivity index (χ3n) is 5.34. The average Bonchev–Trinajstić information content (AvgIpc) is 3.19. The molecule has 3 aromatic rings. The van der Waals surface area contributed by atoms with Crippen molar-refractivity contribution in [1.29, 1.82) is 0 Å². The number of nitrogens with zero attached hydrogens (tertiary/aromatic N) is 1. The predicted octanol–water partition coefficient (Wildman–Crippen LogP) is 6.85. The van der Waals surface area contributed by atoms with Crippen LogP contribution in [0.25, 0.3) is 10.4 Å². The average molecular weight is 363 g/mol. The molecule has 0 radical (unpaired) electrons. The van der Waals surface area contributed by atoms with Crippen molar-refractivity contribution in [2.24, 2.45) is 5.92 Å². The minimum absolute atomic E-state index is 0.306. The standard InChI is InChI=1S/C23H26N2S/c1-17-12-14-20(15-13-17)25-22(19-10-6-3-7-11-19)23-24-16-21(26-23)18-8-4-2-5-9-18/h2,4-5,8-9,12-16,19,22,25H,3,6-7,10-11H2,1H3. The second kappa shape index (κ2) is 8.05. The first kappa shape index (κ1) is 17.3. The minimum Gasteiger partial charge on any atom is -0.376 e. The normalized spacial score (nSPS) is 16.3. The molecule has 0 aliphatic heterocycles. The van der Waals surface area contributed by atoms with Gasteiger partial charge in [0.25, 0.3) is 0 Å². The highest BCUT2D eigenvalue weighted by molar-refractivity contribution is 7.15. The third-order valence-corrected chi connectivity index (χ3v) is 6.47. The highest BCUT2D eigenvalue weighted by Gasteiger charge is 2.27. The van der Waals surface area contributed by atoms with E-state index in [1.165, 1.54) is 58.8 Å². The van der Waals surface area contributed by atoms with Crippen molar-refractivity contribution in [2.45, 2.75) is 45.1 Å². The summed E-state index contributed by atoms with van der Waals surface area (Å²) >= 11 is 1.84. The van der Waals surface area contributed by atoms with E-state index < -0.39 is 0 Å². The number of aryl methyl sites for hydroxylation is 1. The maximum Gasteiger partial charge on any atom is 0.116 e. The van der Waals surface area contributed by atoms with Crippen LogP contribution >= 0.6 is 11.3 Å². The Morgan fingerprint density at radius 1 is 0.962 bits per heavy atom. The van der Waals surface area contributed by atoms with Gasteiger partial charge in [0.2, 0.25) is 0 Å². The second-order valence-corrected chi connectivity index (χ2v) is 8.38. The molecule has 0 spiro atoms. The Bertz CT molecular complexity index is 817. The molecule has 2 aromatic carbocycles. The van der Waals surface area contributed by atoms with Crippen molar-refractivity contribution < 1.29 is 0 Å². The van der Waals surface area contributed by atoms with Crippen molar-refractivity contribution >= 4 is 17.0 Å². The van der Waals surface area contributed by atoms with E-state index in [2.05, 4.69) is 66.8 Å². The van der Waals surface area contributed by atoms with Gasteiger partial charge in [-0.25, -0.2) is 4.98 Å². The summed E-state index contributed by atoms with van der Waals surface area (Å²) in [7, 11) is 0. The number of thiazole rings is 1. The molecule has 0 bridgehead atoms. The number of nitrogens with one attached hydrogen (secondary N) is 1. The number of hydrogen-bond donors (Lipinski definition) is 1. The molecule has 2 nitrogen and oxygen atoms in total. The molecule has 4 rings (SSSR count). The lowest BCUT2D eigenvalue weighted by Crippen LogP contribution is -2.23. The molecule has 1 heterocycles. The molecule has 1 aromatic heterocycles. The van der Waals surface area contributed by atoms with E-state index in [0.717, 1.165) is 0 Å². The van der Waals surface area contributed by atoms with Gasteiger partial charge < -0.3 is 5.32 Å². The fourth-order valence-electron chi connectivity index (χ4n) is 3.85. The molecule has 3 heteroatoms. The van der Waals surface area contributed by atoms with Gasteiger partial charge in [0.05, 0.1) is 10.9 Å². The molecule has 1 unspecified atom stereocenters. The fraction of sp³-hybridized carbons (Fsp3) is 0.348. The van der Waals surface area contributed by atoms with Crippen LogP contribution in [0.15, 0.2) is 60.8 Å². The van der Waals surface area contributed by atoms with Gasteiger partial charge in [-0.15, -0.1) is 11.3 Å². The van der Waals surface area contributed by atoms with Crippen LogP contribution in [-0.2, 0) is 0 Å². The lowest BCUT2D eigenvalue weighted by Gasteiger charge is -2.30. The number of aromatic nitrogens is 1. The second-order valence-electron chi connectivity index (χ2n) is 7.31. The molecule has 1 aliphatic carbocycles. The zero-order valence-electron chi connectivity index (χ0n) is 15.3. The number of rotatable bonds is 5. The van der Waals surface area contributed by atoms with E-state index in [4.69, 9.17) is 4.98 Å². The molecule has 0 amide bonds. The number of hydrogen-bond acceptors (Lipinski definition) is 3. The van der Waals surface area contributed by atoms with Crippen LogP contribution in [0.3, 0.4) is 0 Å². The Balaban J connectivity index is 1.62. The molecule has 1 saturated carbocycles. The lowest BCUT2D eigenvalue weighted by molar-refractivity contribution is 0.320. The van der Waals surface area contributed by atoms with Gasteiger partial charge in [-0.1, -0.05) is 67.3 Å². The van der Waals surface area contributed by atoms with Crippen LogP contribution in [0.5, 0.6) is 0 Å². The molecule has 0 saturated heterocycles. The summed E-state index contributed by atoms with van der Waals surface area (Å²) in [6.07, 6.45) is 8.69. The van der Waals surface area contributed by atoms with Crippen LogP contribution in [0.1, 0.15) is 48.7 Å². The Hall–Kier alpha value is -2.13. The molecule has 1 fully saturated rings. The van der Waals surface area contributed by atoms with Crippen molar-refractivity contribution in [1.82, 2.24) is 4.98 Å². The highest BCUT2D eigenvalue weighted by Crippen LogP contribution is 2.39. The fourth-order valence-corrected chi connectivity index (χ4v) is 4.91. The first-order valence-corrected chi connectivity index (χ1v) is 10.5. The molecule has 26 heavy (non-hydrogen) atoms. The third kappa shape index (κ3) is 3.99. The van der Waals surface area contributed by atoms with E-state index in [1.54, 1.807) is 0 Å². The quantitative estimate of drug-likeness (QED) is 0.537. The van der Waals surface area contributed by atoms with Gasteiger partial charge >= 0.3 is 0 Å². The van der Waals surface area contributed by atoms with Gasteiger partial charge in [-0.2, -0.15) is 0 Å². The van der Waals surface area contributed by atoms with Crippen molar-refractivity contribution in [2.75, 3.05) is 5.32 Å². The maximum absolute atomic E-state index is 4.84. The van der Waals surface area contributed by atoms with Crippen LogP contribution in [0.2, 0.25) is 0 Å². The van der Waals surface area contributed by atoms with Gasteiger partial charge in [-0.3, -0.25) is 0 Å². The minimum atomic E-state index is 0.306. The topological polar surface area (TPSA) is 24.9 Å². The molecular formula is C23H26N2S. The van der Waals surface area contributed by atoms with E-state index in [0.29, 0.717) is 12.0 Å². The molecule has 1 atom stereocenters. The first-order chi connectivity index (χ1) is 12.8. The summed E-state index contributed by atoms with van der Waals surface area (Å²) < 4.78 is 0. The maximum atomic E-state index is 4.84. The van der Waals surface area contributed by atoms with E-state index in [9.17, 15) is 0 Å². The molecule has 1 aliphatic rings. The van der Waals surface area contributed by atoms with Crippen LogP contribution < -0.4 is 5.32 Å². The predicted molar refractivity (Wildman–Crippen MR) is 112 cm³/mol. The number of benzene rings is 2. The summed E-state index contributed by atoms with van der Waals surface area (Å²) in [5.74, 6) is 0.667. The van der Waals surface area contributed by atoms with Crippen molar-refractivity contribution in [3.05, 3.63) is 71.4 Å². The molecule has 1 N–H and O–H groups in total. The van der Waals surface area contributed by atoms with Gasteiger partial charge in [-0.05, 0) is 43.4 Å². The molecular weight excluding hydrogens is 336 g/mol. The SMILES string of the molecule is Cc1ccc(NC(c2ncc(-c3ccccc3)s2)C2CCCCC2)cc1. The molecule has 134 valence electrons. The smallest absolute Gasteiger partial charge is 0.116 e. The van der Waals surface area contributed by atoms with Gasteiger partial charge in [0.15, 0.2) is 0 Å². The Labute approximate surface area is 160 Å². The van der Waals surface area contributed by atoms with E-state index in [1.807, 2.05) is 17.5 Å². The van der Waals surface area contributed by atoms with Crippen LogP contribution in [-0.4, -0.2) is 4.98 Å². The Morgan fingerprint density at radius 3 is 2.42 bits per heavy atom. The summed E-state index contributed by atoms with van der Waals surface area (Å²) in [5.41, 5.74) is 3.75. The highest BCUT2D eigenvalue weighted by atomic mass is 32.1. The number of anilines is 1. The summed E-state index contributed by atoms with van der Waals surface area (Å²) in [5, 5.41) is 5.02. The summed E-state index contributed by atoms with van der Waals surface area (Å²) in [6.45, 7) is 2.13. The summed E-state index contributed by atoms with van der Waals surface area (Å²) in [6, 6.07) is 19.6. The van der Waals surface area contributed by atoms with Crippen LogP contribution in [0.4, 0.5) is 5.69 Å². The van der Waals surface area contributed by atoms with Crippen molar-refractivity contribution in [3.63, 3.8) is 0 Å². The van der Waals surface area contributed by atoms with Gasteiger partial charge in [0, 0.05) is 11.9 Å². The van der Waals surface area contributed by atoms with Gasteiger partial charge in [0.1, 0.15) is 5.01 Å². The van der Waals surface area contributed by atoms with Crippen LogP contribution in [0, 0.1) is 12.8 Å². The zero-order valence-corrected chi connectivity index (χ0v) is 16.1. The first-order valence-electron chi connectivity index (χ1n) is 9.64. The largest absolute Gasteiger partial charge is 0.376 e. The van der Waals surface area contributed by atoms with Crippen molar-refractivity contribution in [3.8, 4) is 10.4 Å². The van der Waals surface area contributed by atoms with E-state index in [-0.39, 0.29) is 0 Å². The monoisotopic (exact) mass is 362 g/mol. The summed E-state index contributed by atoms with van der Waals surface area (Å²) in [4.78, 5) is 6.09. The zero-order chi connectivity index (χ0) is 17.8. The Kier molecular flexibility index (Phi) is 5.35. The Morgan fingerprint density at radius 2 is 1.69 bits per heavy atom.